The Morgan fingerprint density at radius 3 is 2.50 bits per heavy atom. The zero-order valence-electron chi connectivity index (χ0n) is 25.1. The summed E-state index contributed by atoms with van der Waals surface area (Å²) >= 11 is 13.2. The lowest BCUT2D eigenvalue weighted by Gasteiger charge is -2.21. The summed E-state index contributed by atoms with van der Waals surface area (Å²) in [5, 5.41) is 6.89. The number of hydrogen-bond acceptors (Lipinski definition) is 7. The average Bonchev–Trinajstić information content (AvgIpc) is 3.49. The first-order chi connectivity index (χ1) is 22.1. The van der Waals surface area contributed by atoms with E-state index in [-0.39, 0.29) is 23.9 Å². The molecule has 0 fully saturated rings. The second kappa shape index (κ2) is 14.3. The SMILES string of the molecule is Cc1ccc2cccc(OCc3c(Cl)ccc(N(C)C(=O)CNC(=O)C=Cc4ccc(NC(=O)c5coc(C)n5)cc4)c3Cl)c2n1. The molecule has 0 radical (unpaired) electrons. The van der Waals surface area contributed by atoms with Gasteiger partial charge < -0.3 is 24.7 Å². The Balaban J connectivity index is 1.16. The normalized spacial score (nSPS) is 11.1. The van der Waals surface area contributed by atoms with Crippen LogP contribution in [0.15, 0.2) is 83.5 Å². The fraction of sp³-hybridized carbons (Fsp3) is 0.147. The van der Waals surface area contributed by atoms with Gasteiger partial charge in [-0.15, -0.1) is 0 Å². The van der Waals surface area contributed by atoms with Crippen LogP contribution in [0.5, 0.6) is 5.75 Å². The second-order valence-electron chi connectivity index (χ2n) is 10.3. The molecular formula is C34H29Cl2N5O5. The van der Waals surface area contributed by atoms with Crippen LogP contribution < -0.4 is 20.3 Å². The van der Waals surface area contributed by atoms with E-state index in [2.05, 4.69) is 20.6 Å². The molecule has 46 heavy (non-hydrogen) atoms. The van der Waals surface area contributed by atoms with Gasteiger partial charge in [-0.25, -0.2) is 9.97 Å². The Hall–Kier alpha value is -5.19. The molecule has 0 aliphatic rings. The maximum absolute atomic E-state index is 13.0. The maximum Gasteiger partial charge on any atom is 0.277 e. The smallest absolute Gasteiger partial charge is 0.277 e. The summed E-state index contributed by atoms with van der Waals surface area (Å²) in [6.45, 7) is 3.35. The van der Waals surface area contributed by atoms with Crippen molar-refractivity contribution < 1.29 is 23.5 Å². The van der Waals surface area contributed by atoms with Gasteiger partial charge in [0.2, 0.25) is 11.8 Å². The zero-order valence-corrected chi connectivity index (χ0v) is 26.6. The fourth-order valence-electron chi connectivity index (χ4n) is 4.45. The summed E-state index contributed by atoms with van der Waals surface area (Å²) in [5.74, 6) is -0.275. The number of fused-ring (bicyclic) bond motifs is 1. The van der Waals surface area contributed by atoms with E-state index < -0.39 is 17.7 Å². The number of oxazole rings is 1. The monoisotopic (exact) mass is 657 g/mol. The lowest BCUT2D eigenvalue weighted by molar-refractivity contribution is -0.122. The van der Waals surface area contributed by atoms with E-state index in [1.165, 1.54) is 17.2 Å². The van der Waals surface area contributed by atoms with E-state index in [4.69, 9.17) is 32.4 Å². The van der Waals surface area contributed by atoms with Gasteiger partial charge in [-0.2, -0.15) is 0 Å². The van der Waals surface area contributed by atoms with Gasteiger partial charge in [0.1, 0.15) is 24.1 Å². The van der Waals surface area contributed by atoms with Gasteiger partial charge in [-0.1, -0.05) is 53.5 Å². The number of nitrogens with one attached hydrogen (secondary N) is 2. The number of ether oxygens (including phenoxy) is 1. The number of rotatable bonds is 10. The molecule has 2 N–H and O–H groups in total. The van der Waals surface area contributed by atoms with Gasteiger partial charge in [0.25, 0.3) is 5.91 Å². The predicted molar refractivity (Wildman–Crippen MR) is 178 cm³/mol. The standard InChI is InChI=1S/C34H29Cl2N5O5/c1-20-7-11-23-5-4-6-29(33(23)38-20)46-18-25-26(35)14-15-28(32(25)36)41(3)31(43)17-37-30(42)16-10-22-8-12-24(13-9-22)40-34(44)27-19-45-21(2)39-27/h4-16,19H,17-18H2,1-3H3,(H,37,42)(H,40,44). The van der Waals surface area contributed by atoms with Crippen molar-refractivity contribution in [1.29, 1.82) is 0 Å². The van der Waals surface area contributed by atoms with Gasteiger partial charge in [0, 0.05) is 47.4 Å². The number of likely N-dealkylation sites (N-methyl/N-ethyl adjacent to an activating group) is 1. The van der Waals surface area contributed by atoms with Gasteiger partial charge in [0.05, 0.1) is 17.3 Å². The molecule has 0 bridgehead atoms. The second-order valence-corrected chi connectivity index (χ2v) is 11.0. The first-order valence-corrected chi connectivity index (χ1v) is 14.9. The van der Waals surface area contributed by atoms with Crippen molar-refractivity contribution in [2.45, 2.75) is 20.5 Å². The number of carbonyl (C=O) groups excluding carboxylic acids is 3. The molecule has 0 aliphatic carbocycles. The van der Waals surface area contributed by atoms with E-state index in [0.29, 0.717) is 39.2 Å². The summed E-state index contributed by atoms with van der Waals surface area (Å²) in [5.41, 5.74) is 3.95. The summed E-state index contributed by atoms with van der Waals surface area (Å²) < 4.78 is 11.1. The minimum Gasteiger partial charge on any atom is -0.487 e. The number of carbonyl (C=O) groups is 3. The summed E-state index contributed by atoms with van der Waals surface area (Å²) in [4.78, 5) is 47.6. The molecule has 5 aromatic rings. The largest absolute Gasteiger partial charge is 0.487 e. The first-order valence-electron chi connectivity index (χ1n) is 14.1. The number of amides is 3. The molecular weight excluding hydrogens is 629 g/mol. The Morgan fingerprint density at radius 1 is 0.978 bits per heavy atom. The molecule has 2 heterocycles. The van der Waals surface area contributed by atoms with Crippen LogP contribution in [-0.4, -0.2) is 41.3 Å². The molecule has 0 aliphatic heterocycles. The molecule has 2 aromatic heterocycles. The van der Waals surface area contributed by atoms with Crippen LogP contribution in [0.1, 0.15) is 33.2 Å². The number of hydrogen-bond donors (Lipinski definition) is 2. The van der Waals surface area contributed by atoms with Crippen molar-refractivity contribution in [3.63, 3.8) is 0 Å². The van der Waals surface area contributed by atoms with Crippen molar-refractivity contribution in [3.8, 4) is 5.75 Å². The van der Waals surface area contributed by atoms with Gasteiger partial charge in [0.15, 0.2) is 11.6 Å². The lowest BCUT2D eigenvalue weighted by Crippen LogP contribution is -2.37. The van der Waals surface area contributed by atoms with Crippen LogP contribution in [0.3, 0.4) is 0 Å². The van der Waals surface area contributed by atoms with E-state index in [0.717, 1.165) is 16.6 Å². The molecule has 3 amide bonds. The van der Waals surface area contributed by atoms with Gasteiger partial charge in [-0.05, 0) is 55.0 Å². The number of para-hydroxylation sites is 1. The minimum atomic E-state index is -0.462. The van der Waals surface area contributed by atoms with E-state index in [1.54, 1.807) is 56.4 Å². The number of aromatic nitrogens is 2. The highest BCUT2D eigenvalue weighted by Gasteiger charge is 2.19. The van der Waals surface area contributed by atoms with Crippen molar-refractivity contribution in [2.24, 2.45) is 0 Å². The first kappa shape index (κ1) is 32.2. The molecule has 5 rings (SSSR count). The topological polar surface area (TPSA) is 127 Å². The molecule has 0 spiro atoms. The van der Waals surface area contributed by atoms with Gasteiger partial charge in [-0.3, -0.25) is 14.4 Å². The average molecular weight is 659 g/mol. The van der Waals surface area contributed by atoms with Crippen LogP contribution in [0.4, 0.5) is 11.4 Å². The number of aryl methyl sites for hydroxylation is 2. The maximum atomic E-state index is 13.0. The Morgan fingerprint density at radius 2 is 1.76 bits per heavy atom. The molecule has 0 unspecified atom stereocenters. The van der Waals surface area contributed by atoms with Crippen molar-refractivity contribution in [3.05, 3.63) is 118 Å². The summed E-state index contributed by atoms with van der Waals surface area (Å²) in [7, 11) is 1.56. The molecule has 10 nitrogen and oxygen atoms in total. The highest BCUT2D eigenvalue weighted by Crippen LogP contribution is 2.35. The third-order valence-electron chi connectivity index (χ3n) is 6.96. The summed E-state index contributed by atoms with van der Waals surface area (Å²) in [6.07, 6.45) is 4.19. The van der Waals surface area contributed by atoms with Crippen LogP contribution in [0.25, 0.3) is 17.0 Å². The fourth-order valence-corrected chi connectivity index (χ4v) is 5.05. The Kier molecular flexibility index (Phi) is 10.00. The highest BCUT2D eigenvalue weighted by molar-refractivity contribution is 6.38. The number of benzene rings is 3. The predicted octanol–water partition coefficient (Wildman–Crippen LogP) is 6.77. The third kappa shape index (κ3) is 7.71. The van der Waals surface area contributed by atoms with Gasteiger partial charge >= 0.3 is 0 Å². The van der Waals surface area contributed by atoms with Crippen molar-refractivity contribution in [2.75, 3.05) is 23.8 Å². The number of pyridine rings is 1. The van der Waals surface area contributed by atoms with Crippen LogP contribution in [0, 0.1) is 13.8 Å². The van der Waals surface area contributed by atoms with Crippen LogP contribution in [-0.2, 0) is 16.2 Å². The molecule has 3 aromatic carbocycles. The highest BCUT2D eigenvalue weighted by atomic mass is 35.5. The third-order valence-corrected chi connectivity index (χ3v) is 7.73. The molecule has 0 atom stereocenters. The number of nitrogens with zero attached hydrogens (tertiary/aromatic N) is 3. The van der Waals surface area contributed by atoms with E-state index in [1.807, 2.05) is 37.3 Å². The quantitative estimate of drug-likeness (QED) is 0.159. The van der Waals surface area contributed by atoms with Crippen LogP contribution >= 0.6 is 23.2 Å². The van der Waals surface area contributed by atoms with E-state index >= 15 is 0 Å². The van der Waals surface area contributed by atoms with Crippen molar-refractivity contribution >= 4 is 69.3 Å². The molecule has 12 heteroatoms. The van der Waals surface area contributed by atoms with Crippen molar-refractivity contribution in [1.82, 2.24) is 15.3 Å². The summed E-state index contributed by atoms with van der Waals surface area (Å²) in [6, 6.07) is 19.7. The lowest BCUT2D eigenvalue weighted by atomic mass is 10.1. The zero-order chi connectivity index (χ0) is 32.8. The van der Waals surface area contributed by atoms with Crippen LogP contribution in [0.2, 0.25) is 10.0 Å². The Labute approximate surface area is 275 Å². The molecule has 234 valence electrons. The number of halogens is 2. The minimum absolute atomic E-state index is 0.0540. The van der Waals surface area contributed by atoms with E-state index in [9.17, 15) is 14.4 Å². The number of anilines is 2. The Bertz CT molecular complexity index is 1960. The molecule has 0 saturated heterocycles. The molecule has 0 saturated carbocycles.